The van der Waals surface area contributed by atoms with Gasteiger partial charge >= 0.3 is 0 Å². The van der Waals surface area contributed by atoms with Gasteiger partial charge in [0, 0.05) is 10.0 Å². The Bertz CT molecular complexity index is 709. The minimum absolute atomic E-state index is 0.161. The minimum atomic E-state index is -0.161. The molecule has 2 aromatic carbocycles. The van der Waals surface area contributed by atoms with Gasteiger partial charge in [0.15, 0.2) is 0 Å². The van der Waals surface area contributed by atoms with Crippen LogP contribution < -0.4 is 10.9 Å². The zero-order valence-electron chi connectivity index (χ0n) is 11.4. The molecule has 0 aliphatic heterocycles. The Labute approximate surface area is 132 Å². The third-order valence-corrected chi connectivity index (χ3v) is 4.19. The van der Waals surface area contributed by atoms with Crippen molar-refractivity contribution in [3.63, 3.8) is 0 Å². The molecule has 0 spiro atoms. The summed E-state index contributed by atoms with van der Waals surface area (Å²) < 4.78 is 0.780. The van der Waals surface area contributed by atoms with Gasteiger partial charge in [-0.2, -0.15) is 0 Å². The predicted molar refractivity (Wildman–Crippen MR) is 87.5 cm³/mol. The summed E-state index contributed by atoms with van der Waals surface area (Å²) in [6.07, 6.45) is 4.13. The number of rotatable bonds is 3. The molecule has 0 aromatic heterocycles. The Kier molecular flexibility index (Phi) is 4.06. The SMILES string of the molecule is O=C(NNC1=CCCc2ccccc21)c1ccccc1Br. The van der Waals surface area contributed by atoms with Crippen molar-refractivity contribution in [1.82, 2.24) is 10.9 Å². The fourth-order valence-electron chi connectivity index (χ4n) is 2.44. The highest BCUT2D eigenvalue weighted by Crippen LogP contribution is 2.23. The highest BCUT2D eigenvalue weighted by molar-refractivity contribution is 9.10. The lowest BCUT2D eigenvalue weighted by molar-refractivity contribution is 0.0941. The molecule has 2 aromatic rings. The first kappa shape index (κ1) is 13.9. The number of hydrogen-bond donors (Lipinski definition) is 2. The van der Waals surface area contributed by atoms with Crippen LogP contribution >= 0.6 is 15.9 Å². The monoisotopic (exact) mass is 342 g/mol. The number of hydrogen-bond acceptors (Lipinski definition) is 2. The van der Waals surface area contributed by atoms with Crippen molar-refractivity contribution in [2.45, 2.75) is 12.8 Å². The van der Waals surface area contributed by atoms with Gasteiger partial charge in [0.25, 0.3) is 5.91 Å². The van der Waals surface area contributed by atoms with Crippen molar-refractivity contribution in [2.75, 3.05) is 0 Å². The lowest BCUT2D eigenvalue weighted by Crippen LogP contribution is -2.36. The van der Waals surface area contributed by atoms with E-state index >= 15 is 0 Å². The lowest BCUT2D eigenvalue weighted by Gasteiger charge is -2.19. The average molecular weight is 343 g/mol. The van der Waals surface area contributed by atoms with Crippen LogP contribution in [0, 0.1) is 0 Å². The number of carbonyl (C=O) groups excluding carboxylic acids is 1. The van der Waals surface area contributed by atoms with E-state index in [0.717, 1.165) is 28.6 Å². The van der Waals surface area contributed by atoms with Crippen molar-refractivity contribution in [1.29, 1.82) is 0 Å². The number of amides is 1. The molecule has 0 atom stereocenters. The molecule has 1 aliphatic carbocycles. The Hall–Kier alpha value is -2.07. The second-order valence-corrected chi connectivity index (χ2v) is 5.73. The van der Waals surface area contributed by atoms with E-state index in [2.05, 4.69) is 45.0 Å². The van der Waals surface area contributed by atoms with Crippen LogP contribution in [0.25, 0.3) is 5.70 Å². The van der Waals surface area contributed by atoms with Crippen LogP contribution in [-0.2, 0) is 6.42 Å². The average Bonchev–Trinajstić information content (AvgIpc) is 2.53. The largest absolute Gasteiger partial charge is 0.298 e. The molecular weight excluding hydrogens is 328 g/mol. The van der Waals surface area contributed by atoms with Gasteiger partial charge in [-0.1, -0.05) is 42.5 Å². The molecule has 0 heterocycles. The Morgan fingerprint density at radius 3 is 2.67 bits per heavy atom. The van der Waals surface area contributed by atoms with E-state index in [4.69, 9.17) is 0 Å². The molecule has 4 heteroatoms. The highest BCUT2D eigenvalue weighted by Gasteiger charge is 2.13. The molecule has 0 saturated heterocycles. The molecule has 0 unspecified atom stereocenters. The maximum Gasteiger partial charge on any atom is 0.270 e. The van der Waals surface area contributed by atoms with E-state index in [-0.39, 0.29) is 5.91 Å². The van der Waals surface area contributed by atoms with Crippen LogP contribution in [0.5, 0.6) is 0 Å². The van der Waals surface area contributed by atoms with E-state index in [1.807, 2.05) is 30.3 Å². The molecule has 3 nitrogen and oxygen atoms in total. The van der Waals surface area contributed by atoms with Crippen LogP contribution in [0.15, 0.2) is 59.1 Å². The van der Waals surface area contributed by atoms with Crippen molar-refractivity contribution < 1.29 is 4.79 Å². The molecule has 1 amide bonds. The van der Waals surface area contributed by atoms with Crippen molar-refractivity contribution in [3.05, 3.63) is 75.8 Å². The zero-order chi connectivity index (χ0) is 14.7. The fourth-order valence-corrected chi connectivity index (χ4v) is 2.90. The van der Waals surface area contributed by atoms with Gasteiger partial charge in [-0.05, 0) is 46.5 Å². The first-order valence-corrected chi connectivity index (χ1v) is 7.64. The molecule has 21 heavy (non-hydrogen) atoms. The molecule has 0 saturated carbocycles. The van der Waals surface area contributed by atoms with E-state index in [0.29, 0.717) is 5.56 Å². The van der Waals surface area contributed by atoms with Gasteiger partial charge in [0.05, 0.1) is 11.3 Å². The fraction of sp³-hybridized carbons (Fsp3) is 0.118. The van der Waals surface area contributed by atoms with Gasteiger partial charge in [-0.3, -0.25) is 15.6 Å². The summed E-state index contributed by atoms with van der Waals surface area (Å²) in [6, 6.07) is 15.6. The molecule has 2 N–H and O–H groups in total. The van der Waals surface area contributed by atoms with Crippen LogP contribution in [0.1, 0.15) is 27.9 Å². The number of allylic oxidation sites excluding steroid dienone is 1. The van der Waals surface area contributed by atoms with Crippen LogP contribution in [-0.4, -0.2) is 5.91 Å². The number of hydrazine groups is 1. The summed E-state index contributed by atoms with van der Waals surface area (Å²) in [5.74, 6) is -0.161. The lowest BCUT2D eigenvalue weighted by atomic mass is 9.95. The Morgan fingerprint density at radius 1 is 1.05 bits per heavy atom. The van der Waals surface area contributed by atoms with Gasteiger partial charge in [-0.15, -0.1) is 0 Å². The van der Waals surface area contributed by atoms with E-state index in [1.165, 1.54) is 5.56 Å². The number of benzene rings is 2. The van der Waals surface area contributed by atoms with Gasteiger partial charge in [-0.25, -0.2) is 0 Å². The summed E-state index contributed by atoms with van der Waals surface area (Å²) >= 11 is 3.39. The summed E-state index contributed by atoms with van der Waals surface area (Å²) in [5.41, 5.74) is 9.82. The van der Waals surface area contributed by atoms with Crippen molar-refractivity contribution in [3.8, 4) is 0 Å². The second-order valence-electron chi connectivity index (χ2n) is 4.87. The molecule has 0 fully saturated rings. The summed E-state index contributed by atoms with van der Waals surface area (Å²) in [4.78, 5) is 12.2. The smallest absolute Gasteiger partial charge is 0.270 e. The zero-order valence-corrected chi connectivity index (χ0v) is 13.0. The van der Waals surface area contributed by atoms with E-state index in [9.17, 15) is 4.79 Å². The van der Waals surface area contributed by atoms with Crippen LogP contribution in [0.2, 0.25) is 0 Å². The summed E-state index contributed by atoms with van der Waals surface area (Å²) in [5, 5.41) is 0. The normalized spacial score (nSPS) is 13.1. The molecule has 3 rings (SSSR count). The van der Waals surface area contributed by atoms with E-state index < -0.39 is 0 Å². The van der Waals surface area contributed by atoms with E-state index in [1.54, 1.807) is 6.07 Å². The number of fused-ring (bicyclic) bond motifs is 1. The highest BCUT2D eigenvalue weighted by atomic mass is 79.9. The molecule has 0 bridgehead atoms. The Morgan fingerprint density at radius 2 is 1.81 bits per heavy atom. The van der Waals surface area contributed by atoms with Gasteiger partial charge in [0.2, 0.25) is 0 Å². The maximum absolute atomic E-state index is 12.2. The second kappa shape index (κ2) is 6.14. The van der Waals surface area contributed by atoms with Crippen molar-refractivity contribution in [2.24, 2.45) is 0 Å². The predicted octanol–water partition coefficient (Wildman–Crippen LogP) is 3.67. The molecule has 1 aliphatic rings. The summed E-state index contributed by atoms with van der Waals surface area (Å²) in [7, 11) is 0. The number of nitrogens with one attached hydrogen (secondary N) is 2. The third-order valence-electron chi connectivity index (χ3n) is 3.50. The molecule has 0 radical (unpaired) electrons. The number of aryl methyl sites for hydroxylation is 1. The minimum Gasteiger partial charge on any atom is -0.298 e. The van der Waals surface area contributed by atoms with Crippen molar-refractivity contribution >= 4 is 27.5 Å². The van der Waals surface area contributed by atoms with Gasteiger partial charge < -0.3 is 0 Å². The molecular formula is C17H15BrN2O. The number of halogens is 1. The topological polar surface area (TPSA) is 41.1 Å². The first-order chi connectivity index (χ1) is 10.3. The Balaban J connectivity index is 1.73. The summed E-state index contributed by atoms with van der Waals surface area (Å²) in [6.45, 7) is 0. The van der Waals surface area contributed by atoms with Crippen LogP contribution in [0.4, 0.5) is 0 Å². The molecule has 106 valence electrons. The van der Waals surface area contributed by atoms with Gasteiger partial charge in [0.1, 0.15) is 0 Å². The maximum atomic E-state index is 12.2. The number of carbonyl (C=O) groups is 1. The third kappa shape index (κ3) is 3.00. The quantitative estimate of drug-likeness (QED) is 0.835. The first-order valence-electron chi connectivity index (χ1n) is 6.85. The van der Waals surface area contributed by atoms with Crippen LogP contribution in [0.3, 0.4) is 0 Å². The standard InChI is InChI=1S/C17H15BrN2O/c18-15-10-4-3-9-14(15)17(21)20-19-16-11-5-7-12-6-1-2-8-13(12)16/h1-4,6,8-11,19H,5,7H2,(H,20,21).